The van der Waals surface area contributed by atoms with Crippen molar-refractivity contribution in [3.8, 4) is 0 Å². The van der Waals surface area contributed by atoms with Gasteiger partial charge >= 0.3 is 0 Å². The first-order chi connectivity index (χ1) is 7.11. The van der Waals surface area contributed by atoms with Gasteiger partial charge in [0.25, 0.3) is 0 Å². The minimum absolute atomic E-state index is 0.388. The van der Waals surface area contributed by atoms with E-state index in [9.17, 15) is 8.76 Å². The summed E-state index contributed by atoms with van der Waals surface area (Å²) in [6.07, 6.45) is 0. The minimum Gasteiger partial charge on any atom is -0.768 e. The molecule has 0 heterocycles. The molecule has 0 amide bonds. The maximum Gasteiger partial charge on any atom is 0.0407 e. The number of nitrogens with zero attached hydrogens (tertiary/aromatic N) is 1. The van der Waals surface area contributed by atoms with E-state index in [0.717, 1.165) is 24.3 Å². The van der Waals surface area contributed by atoms with Crippen molar-refractivity contribution in [2.75, 3.05) is 18.0 Å². The molecule has 0 aliphatic rings. The third-order valence-corrected chi connectivity index (χ3v) is 3.34. The van der Waals surface area contributed by atoms with Crippen LogP contribution in [-0.2, 0) is 11.1 Å². The summed E-state index contributed by atoms with van der Waals surface area (Å²) in [5.74, 6) is 0. The highest BCUT2D eigenvalue weighted by atomic mass is 32.2. The Morgan fingerprint density at radius 3 is 2.40 bits per heavy atom. The van der Waals surface area contributed by atoms with Gasteiger partial charge in [-0.1, -0.05) is 6.07 Å². The largest absolute Gasteiger partial charge is 0.768 e. The fourth-order valence-electron chi connectivity index (χ4n) is 1.69. The summed E-state index contributed by atoms with van der Waals surface area (Å²) in [4.78, 5) is 2.53. The second-order valence-electron chi connectivity index (χ2n) is 3.31. The fourth-order valence-corrected chi connectivity index (χ4v) is 2.23. The Kier molecular flexibility index (Phi) is 4.29. The van der Waals surface area contributed by atoms with Crippen molar-refractivity contribution in [2.45, 2.75) is 25.7 Å². The van der Waals surface area contributed by atoms with Gasteiger partial charge in [0, 0.05) is 23.7 Å². The molecule has 1 rings (SSSR count). The molecule has 0 bridgehead atoms. The van der Waals surface area contributed by atoms with Crippen molar-refractivity contribution in [3.05, 3.63) is 23.8 Å². The first-order valence-corrected chi connectivity index (χ1v) is 6.13. The average molecular weight is 226 g/mol. The van der Waals surface area contributed by atoms with Gasteiger partial charge in [-0.25, -0.2) is 0 Å². The van der Waals surface area contributed by atoms with E-state index in [0.29, 0.717) is 4.90 Å². The molecule has 0 N–H and O–H groups in total. The number of hydrogen-bond acceptors (Lipinski definition) is 3. The topological polar surface area (TPSA) is 43.4 Å². The van der Waals surface area contributed by atoms with Crippen molar-refractivity contribution < 1.29 is 8.76 Å². The van der Waals surface area contributed by atoms with Crippen LogP contribution in [0.15, 0.2) is 23.1 Å². The van der Waals surface area contributed by atoms with Crippen molar-refractivity contribution >= 4 is 16.8 Å². The van der Waals surface area contributed by atoms with Crippen molar-refractivity contribution in [2.24, 2.45) is 0 Å². The molecule has 1 aromatic carbocycles. The normalized spacial score (nSPS) is 12.5. The standard InChI is InChI=1S/C11H17NO2S/c1-4-12(5-2)10-7-6-8-11(9(10)3)15(13)14/h6-8H,4-5H2,1-3H3,(H,13,14)/p-1. The summed E-state index contributed by atoms with van der Waals surface area (Å²) in [6.45, 7) is 7.73. The second-order valence-corrected chi connectivity index (χ2v) is 4.22. The van der Waals surface area contributed by atoms with E-state index in [1.54, 1.807) is 12.1 Å². The van der Waals surface area contributed by atoms with Crippen LogP contribution in [-0.4, -0.2) is 21.9 Å². The zero-order chi connectivity index (χ0) is 11.4. The lowest BCUT2D eigenvalue weighted by molar-refractivity contribution is 0.536. The van der Waals surface area contributed by atoms with Crippen LogP contribution in [0.5, 0.6) is 0 Å². The summed E-state index contributed by atoms with van der Waals surface area (Å²) in [6, 6.07) is 5.37. The Balaban J connectivity index is 3.19. The molecule has 84 valence electrons. The van der Waals surface area contributed by atoms with E-state index in [1.807, 2.05) is 13.0 Å². The summed E-state index contributed by atoms with van der Waals surface area (Å²) in [5, 5.41) is 0. The second kappa shape index (κ2) is 5.28. The highest BCUT2D eigenvalue weighted by Crippen LogP contribution is 2.24. The predicted octanol–water partition coefficient (Wildman–Crippen LogP) is 2.08. The minimum atomic E-state index is -2.15. The molecule has 3 nitrogen and oxygen atoms in total. The van der Waals surface area contributed by atoms with E-state index < -0.39 is 11.1 Å². The lowest BCUT2D eigenvalue weighted by Crippen LogP contribution is -2.23. The summed E-state index contributed by atoms with van der Waals surface area (Å²) < 4.78 is 21.9. The van der Waals surface area contributed by atoms with E-state index >= 15 is 0 Å². The van der Waals surface area contributed by atoms with Crippen LogP contribution >= 0.6 is 0 Å². The molecule has 0 aromatic heterocycles. The van der Waals surface area contributed by atoms with Crippen LogP contribution in [0.2, 0.25) is 0 Å². The Bertz CT molecular complexity index is 362. The van der Waals surface area contributed by atoms with Crippen LogP contribution in [0, 0.1) is 6.92 Å². The molecule has 0 aliphatic heterocycles. The van der Waals surface area contributed by atoms with Gasteiger partial charge in [-0.05, 0) is 49.5 Å². The maximum absolute atomic E-state index is 11.0. The highest BCUT2D eigenvalue weighted by Gasteiger charge is 2.08. The molecule has 0 spiro atoms. The third kappa shape index (κ3) is 2.58. The Morgan fingerprint density at radius 2 is 1.93 bits per heavy atom. The van der Waals surface area contributed by atoms with Gasteiger partial charge in [0.05, 0.1) is 0 Å². The number of rotatable bonds is 4. The van der Waals surface area contributed by atoms with Crippen LogP contribution < -0.4 is 4.90 Å². The Labute approximate surface area is 93.4 Å². The molecule has 0 saturated carbocycles. The van der Waals surface area contributed by atoms with Crippen LogP contribution in [0.4, 0.5) is 5.69 Å². The molecular formula is C11H16NO2S-. The Morgan fingerprint density at radius 1 is 1.33 bits per heavy atom. The van der Waals surface area contributed by atoms with Gasteiger partial charge in [-0.15, -0.1) is 0 Å². The smallest absolute Gasteiger partial charge is 0.0407 e. The van der Waals surface area contributed by atoms with Crippen LogP contribution in [0.1, 0.15) is 19.4 Å². The van der Waals surface area contributed by atoms with Gasteiger partial charge in [0.15, 0.2) is 0 Å². The molecule has 0 aliphatic carbocycles. The van der Waals surface area contributed by atoms with Crippen LogP contribution in [0.3, 0.4) is 0 Å². The van der Waals surface area contributed by atoms with Gasteiger partial charge in [0.1, 0.15) is 0 Å². The van der Waals surface area contributed by atoms with E-state index in [2.05, 4.69) is 18.7 Å². The van der Waals surface area contributed by atoms with Crippen molar-refractivity contribution in [1.82, 2.24) is 0 Å². The first-order valence-electron chi connectivity index (χ1n) is 5.05. The van der Waals surface area contributed by atoms with E-state index in [-0.39, 0.29) is 0 Å². The predicted molar refractivity (Wildman–Crippen MR) is 61.9 cm³/mol. The molecular weight excluding hydrogens is 210 g/mol. The summed E-state index contributed by atoms with van der Waals surface area (Å²) >= 11 is -2.15. The summed E-state index contributed by atoms with van der Waals surface area (Å²) in [7, 11) is 0. The lowest BCUT2D eigenvalue weighted by atomic mass is 10.2. The quantitative estimate of drug-likeness (QED) is 0.738. The molecule has 0 radical (unpaired) electrons. The maximum atomic E-state index is 11.0. The summed E-state index contributed by atoms with van der Waals surface area (Å²) in [5.41, 5.74) is 1.83. The third-order valence-electron chi connectivity index (χ3n) is 2.54. The van der Waals surface area contributed by atoms with Gasteiger partial charge in [0.2, 0.25) is 0 Å². The molecule has 1 unspecified atom stereocenters. The SMILES string of the molecule is CCN(CC)c1cccc(S(=O)[O-])c1C. The van der Waals surface area contributed by atoms with Gasteiger partial charge < -0.3 is 9.45 Å². The average Bonchev–Trinajstić information content (AvgIpc) is 2.21. The zero-order valence-corrected chi connectivity index (χ0v) is 10.1. The van der Waals surface area contributed by atoms with Crippen LogP contribution in [0.25, 0.3) is 0 Å². The monoisotopic (exact) mass is 226 g/mol. The molecule has 1 aromatic rings. The molecule has 15 heavy (non-hydrogen) atoms. The van der Waals surface area contributed by atoms with Gasteiger partial charge in [-0.3, -0.25) is 4.21 Å². The first kappa shape index (κ1) is 12.2. The highest BCUT2D eigenvalue weighted by molar-refractivity contribution is 7.79. The number of benzene rings is 1. The van der Waals surface area contributed by atoms with E-state index in [4.69, 9.17) is 0 Å². The van der Waals surface area contributed by atoms with E-state index in [1.165, 1.54) is 0 Å². The lowest BCUT2D eigenvalue weighted by Gasteiger charge is -2.24. The molecule has 0 saturated heterocycles. The number of hydrogen-bond donors (Lipinski definition) is 0. The molecule has 0 fully saturated rings. The molecule has 1 atom stereocenters. The fraction of sp³-hybridized carbons (Fsp3) is 0.455. The van der Waals surface area contributed by atoms with Crippen molar-refractivity contribution in [1.29, 1.82) is 0 Å². The molecule has 4 heteroatoms. The van der Waals surface area contributed by atoms with Crippen molar-refractivity contribution in [3.63, 3.8) is 0 Å². The zero-order valence-electron chi connectivity index (χ0n) is 9.32. The number of anilines is 1. The Hall–Kier alpha value is -0.870. The van der Waals surface area contributed by atoms with Gasteiger partial charge in [-0.2, -0.15) is 0 Å².